The van der Waals surface area contributed by atoms with Gasteiger partial charge in [-0.2, -0.15) is 0 Å². The molecule has 0 bridgehead atoms. The first kappa shape index (κ1) is 17.7. The maximum Gasteiger partial charge on any atom is 0.119 e. The molecule has 0 fully saturated rings. The summed E-state index contributed by atoms with van der Waals surface area (Å²) in [6.45, 7) is 2.64. The van der Waals surface area contributed by atoms with Gasteiger partial charge >= 0.3 is 0 Å². The number of benzene rings is 2. The van der Waals surface area contributed by atoms with E-state index in [-0.39, 0.29) is 18.4 Å². The minimum Gasteiger partial charge on any atom is -0.508 e. The fraction of sp³-hybridized carbons (Fsp3) is 0.333. The SMILES string of the molecule is CSc1ccc(OCC(O)CN[C@@H](C)c2cccc(O)c2)cc1. The average molecular weight is 333 g/mol. The van der Waals surface area contributed by atoms with Crippen LogP contribution in [-0.4, -0.2) is 35.7 Å². The molecule has 23 heavy (non-hydrogen) atoms. The predicted molar refractivity (Wildman–Crippen MR) is 94.2 cm³/mol. The summed E-state index contributed by atoms with van der Waals surface area (Å²) in [7, 11) is 0. The van der Waals surface area contributed by atoms with Gasteiger partial charge in [0.05, 0.1) is 0 Å². The third-order valence-corrected chi connectivity index (χ3v) is 4.28. The Morgan fingerprint density at radius 3 is 2.57 bits per heavy atom. The van der Waals surface area contributed by atoms with Crippen LogP contribution in [0.4, 0.5) is 0 Å². The van der Waals surface area contributed by atoms with Crippen molar-refractivity contribution in [1.82, 2.24) is 5.32 Å². The molecule has 3 N–H and O–H groups in total. The number of thioether (sulfide) groups is 1. The van der Waals surface area contributed by atoms with Crippen LogP contribution in [0.5, 0.6) is 11.5 Å². The van der Waals surface area contributed by atoms with E-state index in [1.165, 1.54) is 4.90 Å². The molecule has 5 heteroatoms. The highest BCUT2D eigenvalue weighted by Crippen LogP contribution is 2.19. The Bertz CT molecular complexity index is 603. The van der Waals surface area contributed by atoms with Gasteiger partial charge in [0.2, 0.25) is 0 Å². The van der Waals surface area contributed by atoms with Gasteiger partial charge in [-0.05, 0) is 55.1 Å². The highest BCUT2D eigenvalue weighted by Gasteiger charge is 2.10. The van der Waals surface area contributed by atoms with Crippen LogP contribution in [0, 0.1) is 0 Å². The normalized spacial score (nSPS) is 13.5. The van der Waals surface area contributed by atoms with Crippen molar-refractivity contribution in [1.29, 1.82) is 0 Å². The summed E-state index contributed by atoms with van der Waals surface area (Å²) < 4.78 is 5.59. The molecule has 0 aliphatic heterocycles. The van der Waals surface area contributed by atoms with Crippen molar-refractivity contribution in [3.63, 3.8) is 0 Å². The second-order valence-electron chi connectivity index (χ2n) is 5.37. The molecular weight excluding hydrogens is 310 g/mol. The first-order valence-electron chi connectivity index (χ1n) is 7.55. The Kier molecular flexibility index (Phi) is 6.77. The number of rotatable bonds is 8. The lowest BCUT2D eigenvalue weighted by Gasteiger charge is -2.18. The van der Waals surface area contributed by atoms with Gasteiger partial charge in [0.15, 0.2) is 0 Å². The Morgan fingerprint density at radius 2 is 1.91 bits per heavy atom. The molecule has 0 spiro atoms. The number of ether oxygens (including phenoxy) is 1. The summed E-state index contributed by atoms with van der Waals surface area (Å²) >= 11 is 1.68. The van der Waals surface area contributed by atoms with Crippen LogP contribution < -0.4 is 10.1 Å². The van der Waals surface area contributed by atoms with E-state index >= 15 is 0 Å². The highest BCUT2D eigenvalue weighted by atomic mass is 32.2. The van der Waals surface area contributed by atoms with Gasteiger partial charge in [-0.25, -0.2) is 0 Å². The zero-order chi connectivity index (χ0) is 16.7. The zero-order valence-electron chi connectivity index (χ0n) is 13.4. The molecule has 0 aliphatic carbocycles. The molecule has 0 saturated heterocycles. The Hall–Kier alpha value is -1.69. The van der Waals surface area contributed by atoms with Crippen molar-refractivity contribution in [2.45, 2.75) is 24.0 Å². The van der Waals surface area contributed by atoms with Crippen LogP contribution >= 0.6 is 11.8 Å². The molecule has 0 aromatic heterocycles. The van der Waals surface area contributed by atoms with Crippen LogP contribution in [0.2, 0.25) is 0 Å². The number of phenols is 1. The Labute approximate surface area is 141 Å². The van der Waals surface area contributed by atoms with Crippen molar-refractivity contribution in [3.8, 4) is 11.5 Å². The second-order valence-corrected chi connectivity index (χ2v) is 6.24. The molecule has 0 heterocycles. The molecule has 2 atom stereocenters. The van der Waals surface area contributed by atoms with Crippen molar-refractivity contribution in [3.05, 3.63) is 54.1 Å². The van der Waals surface area contributed by atoms with E-state index in [9.17, 15) is 10.2 Å². The fourth-order valence-electron chi connectivity index (χ4n) is 2.15. The van der Waals surface area contributed by atoms with Gasteiger partial charge in [-0.1, -0.05) is 12.1 Å². The minimum atomic E-state index is -0.602. The number of aliphatic hydroxyl groups is 1. The van der Waals surface area contributed by atoms with Crippen molar-refractivity contribution < 1.29 is 14.9 Å². The Balaban J connectivity index is 1.74. The third-order valence-electron chi connectivity index (χ3n) is 3.53. The fourth-order valence-corrected chi connectivity index (χ4v) is 2.56. The predicted octanol–water partition coefficient (Wildman–Crippen LogP) is 3.20. The molecule has 124 valence electrons. The highest BCUT2D eigenvalue weighted by molar-refractivity contribution is 7.98. The maximum atomic E-state index is 10.0. The van der Waals surface area contributed by atoms with Gasteiger partial charge in [0.1, 0.15) is 24.2 Å². The molecule has 2 aromatic rings. The first-order chi connectivity index (χ1) is 11.1. The number of nitrogens with one attached hydrogen (secondary N) is 1. The van der Waals surface area contributed by atoms with Crippen LogP contribution in [0.3, 0.4) is 0 Å². The summed E-state index contributed by atoms with van der Waals surface area (Å²) in [5.41, 5.74) is 0.978. The van der Waals surface area contributed by atoms with E-state index < -0.39 is 6.10 Å². The monoisotopic (exact) mass is 333 g/mol. The standard InChI is InChI=1S/C18H23NO3S/c1-13(14-4-3-5-15(20)10-14)19-11-16(21)12-22-17-6-8-18(23-2)9-7-17/h3-10,13,16,19-21H,11-12H2,1-2H3/t13-,16?/m0/s1. The van der Waals surface area contributed by atoms with Crippen molar-refractivity contribution in [2.75, 3.05) is 19.4 Å². The summed E-state index contributed by atoms with van der Waals surface area (Å²) in [6.07, 6.45) is 1.42. The minimum absolute atomic E-state index is 0.0395. The summed E-state index contributed by atoms with van der Waals surface area (Å²) in [5.74, 6) is 0.997. The smallest absolute Gasteiger partial charge is 0.119 e. The van der Waals surface area contributed by atoms with Gasteiger partial charge in [-0.15, -0.1) is 11.8 Å². The van der Waals surface area contributed by atoms with E-state index in [4.69, 9.17) is 4.74 Å². The number of aromatic hydroxyl groups is 1. The molecule has 1 unspecified atom stereocenters. The molecule has 0 amide bonds. The van der Waals surface area contributed by atoms with Crippen LogP contribution in [0.1, 0.15) is 18.5 Å². The van der Waals surface area contributed by atoms with Gasteiger partial charge in [0.25, 0.3) is 0 Å². The molecule has 2 aromatic carbocycles. The largest absolute Gasteiger partial charge is 0.508 e. The van der Waals surface area contributed by atoms with Gasteiger partial charge in [-0.3, -0.25) is 0 Å². The van der Waals surface area contributed by atoms with Crippen LogP contribution in [-0.2, 0) is 0 Å². The zero-order valence-corrected chi connectivity index (χ0v) is 14.2. The van der Waals surface area contributed by atoms with Crippen molar-refractivity contribution in [2.24, 2.45) is 0 Å². The van der Waals surface area contributed by atoms with Crippen LogP contribution in [0.15, 0.2) is 53.4 Å². The van der Waals surface area contributed by atoms with Crippen molar-refractivity contribution >= 4 is 11.8 Å². The molecule has 2 rings (SSSR count). The number of phenolic OH excluding ortho intramolecular Hbond substituents is 1. The first-order valence-corrected chi connectivity index (χ1v) is 8.78. The molecule has 0 aliphatic rings. The lowest BCUT2D eigenvalue weighted by molar-refractivity contribution is 0.104. The van der Waals surface area contributed by atoms with E-state index in [0.29, 0.717) is 6.54 Å². The Morgan fingerprint density at radius 1 is 1.17 bits per heavy atom. The van der Waals surface area contributed by atoms with E-state index in [0.717, 1.165) is 11.3 Å². The molecule has 0 saturated carbocycles. The molecule has 4 nitrogen and oxygen atoms in total. The topological polar surface area (TPSA) is 61.7 Å². The van der Waals surface area contributed by atoms with Crippen LogP contribution in [0.25, 0.3) is 0 Å². The number of aliphatic hydroxyl groups excluding tert-OH is 1. The maximum absolute atomic E-state index is 10.0. The molecular formula is C18H23NO3S. The van der Waals surface area contributed by atoms with E-state index in [1.807, 2.05) is 43.5 Å². The van der Waals surface area contributed by atoms with E-state index in [1.54, 1.807) is 30.0 Å². The molecule has 0 radical (unpaired) electrons. The summed E-state index contributed by atoms with van der Waals surface area (Å²) in [5, 5.41) is 22.7. The second kappa shape index (κ2) is 8.82. The quantitative estimate of drug-likeness (QED) is 0.648. The average Bonchev–Trinajstić information content (AvgIpc) is 2.58. The van der Waals surface area contributed by atoms with Gasteiger partial charge < -0.3 is 20.3 Å². The lowest BCUT2D eigenvalue weighted by Crippen LogP contribution is -2.33. The lowest BCUT2D eigenvalue weighted by atomic mass is 10.1. The van der Waals surface area contributed by atoms with Gasteiger partial charge in [0, 0.05) is 17.5 Å². The van der Waals surface area contributed by atoms with E-state index in [2.05, 4.69) is 5.32 Å². The third kappa shape index (κ3) is 5.78. The number of hydrogen-bond acceptors (Lipinski definition) is 5. The summed E-state index contributed by atoms with van der Waals surface area (Å²) in [6, 6.07) is 14.9. The summed E-state index contributed by atoms with van der Waals surface area (Å²) in [4.78, 5) is 1.18. The number of hydrogen-bond donors (Lipinski definition) is 3.